The average Bonchev–Trinajstić information content (AvgIpc) is 2.62. The largest absolute Gasteiger partial charge is 0.418 e. The van der Waals surface area contributed by atoms with Gasteiger partial charge < -0.3 is 16.4 Å². The molecule has 0 spiro atoms. The van der Waals surface area contributed by atoms with Gasteiger partial charge in [0.15, 0.2) is 0 Å². The summed E-state index contributed by atoms with van der Waals surface area (Å²) in [5.74, 6) is -1.62. The third-order valence-electron chi connectivity index (χ3n) is 3.40. The van der Waals surface area contributed by atoms with Gasteiger partial charge in [-0.15, -0.1) is 0 Å². The molecule has 0 saturated carbocycles. The fraction of sp³-hybridized carbons (Fsp3) is 0.0556. The van der Waals surface area contributed by atoms with Crippen LogP contribution in [0.25, 0.3) is 0 Å². The number of nitrogens with two attached hydrogens (primary N) is 1. The lowest BCUT2D eigenvalue weighted by Crippen LogP contribution is -2.18. The van der Waals surface area contributed by atoms with Crippen LogP contribution in [0.2, 0.25) is 0 Å². The molecule has 0 aliphatic carbocycles. The Morgan fingerprint density at radius 3 is 2.26 bits per heavy atom. The van der Waals surface area contributed by atoms with Gasteiger partial charge in [-0.1, -0.05) is 12.1 Å². The Hall–Kier alpha value is -3.80. The van der Waals surface area contributed by atoms with Gasteiger partial charge in [0.05, 0.1) is 11.3 Å². The van der Waals surface area contributed by atoms with E-state index in [1.807, 2.05) is 0 Å². The number of benzene rings is 2. The van der Waals surface area contributed by atoms with Crippen molar-refractivity contribution in [2.24, 2.45) is 5.73 Å². The van der Waals surface area contributed by atoms with Crippen molar-refractivity contribution in [3.8, 4) is 6.07 Å². The van der Waals surface area contributed by atoms with Gasteiger partial charge in [-0.05, 0) is 36.4 Å². The summed E-state index contributed by atoms with van der Waals surface area (Å²) in [6, 6.07) is 11.9. The van der Waals surface area contributed by atoms with Crippen molar-refractivity contribution in [1.82, 2.24) is 0 Å². The van der Waals surface area contributed by atoms with Crippen LogP contribution in [-0.2, 0) is 11.0 Å². The number of anilines is 2. The summed E-state index contributed by atoms with van der Waals surface area (Å²) in [6.07, 6.45) is -3.61. The maximum Gasteiger partial charge on any atom is 0.418 e. The topological polar surface area (TPSA) is 108 Å². The summed E-state index contributed by atoms with van der Waals surface area (Å²) in [4.78, 5) is 23.1. The highest BCUT2D eigenvalue weighted by atomic mass is 19.4. The van der Waals surface area contributed by atoms with E-state index < -0.39 is 34.8 Å². The van der Waals surface area contributed by atoms with Crippen molar-refractivity contribution in [3.63, 3.8) is 0 Å². The predicted molar refractivity (Wildman–Crippen MR) is 92.4 cm³/mol. The van der Waals surface area contributed by atoms with Gasteiger partial charge >= 0.3 is 6.18 Å². The van der Waals surface area contributed by atoms with E-state index >= 15 is 0 Å². The number of rotatable bonds is 5. The third kappa shape index (κ3) is 5.09. The maximum absolute atomic E-state index is 13.0. The number of nitrogens with one attached hydrogen (secondary N) is 2. The van der Waals surface area contributed by atoms with Gasteiger partial charge in [-0.2, -0.15) is 18.4 Å². The standard InChI is InChI=1S/C18H13F3N4O2/c19-18(20,21)14-3-1-2-4-15(14)25-17(27)12(9-22)10-24-13-7-5-11(6-8-13)16(23)26/h1-8,10,24H,(H2,23,26)(H,25,27)/b12-10-. The van der Waals surface area contributed by atoms with Crippen LogP contribution in [0.5, 0.6) is 0 Å². The normalized spacial score (nSPS) is 11.4. The summed E-state index contributed by atoms with van der Waals surface area (Å²) < 4.78 is 38.9. The Morgan fingerprint density at radius 2 is 1.70 bits per heavy atom. The molecule has 0 saturated heterocycles. The van der Waals surface area contributed by atoms with E-state index in [0.717, 1.165) is 18.3 Å². The Balaban J connectivity index is 2.16. The molecule has 138 valence electrons. The zero-order chi connectivity index (χ0) is 20.0. The first-order valence-corrected chi connectivity index (χ1v) is 7.46. The van der Waals surface area contributed by atoms with E-state index in [9.17, 15) is 22.8 Å². The highest BCUT2D eigenvalue weighted by Crippen LogP contribution is 2.34. The number of alkyl halides is 3. The summed E-state index contributed by atoms with van der Waals surface area (Å²) in [6.45, 7) is 0. The molecule has 0 aliphatic rings. The Bertz CT molecular complexity index is 929. The molecule has 2 rings (SSSR count). The molecule has 2 aromatic carbocycles. The van der Waals surface area contributed by atoms with Crippen LogP contribution in [-0.4, -0.2) is 11.8 Å². The van der Waals surface area contributed by atoms with E-state index in [1.165, 1.54) is 36.4 Å². The number of hydrogen-bond donors (Lipinski definition) is 3. The smallest absolute Gasteiger partial charge is 0.366 e. The van der Waals surface area contributed by atoms with Crippen LogP contribution in [0.15, 0.2) is 60.3 Å². The monoisotopic (exact) mass is 374 g/mol. The van der Waals surface area contributed by atoms with E-state index in [2.05, 4.69) is 10.6 Å². The third-order valence-corrected chi connectivity index (χ3v) is 3.40. The number of primary amides is 1. The minimum absolute atomic E-state index is 0.270. The first kappa shape index (κ1) is 19.5. The predicted octanol–water partition coefficient (Wildman–Crippen LogP) is 3.26. The Labute approximate surface area is 152 Å². The molecule has 2 aromatic rings. The lowest BCUT2D eigenvalue weighted by Gasteiger charge is -2.13. The summed E-state index contributed by atoms with van der Waals surface area (Å²) in [7, 11) is 0. The van der Waals surface area contributed by atoms with Crippen molar-refractivity contribution < 1.29 is 22.8 Å². The second kappa shape index (κ2) is 8.05. The first-order valence-electron chi connectivity index (χ1n) is 7.46. The van der Waals surface area contributed by atoms with Gasteiger partial charge in [0, 0.05) is 17.5 Å². The molecule has 27 heavy (non-hydrogen) atoms. The number of nitrogens with zero attached hydrogens (tertiary/aromatic N) is 1. The minimum Gasteiger partial charge on any atom is -0.366 e. The fourth-order valence-electron chi connectivity index (χ4n) is 2.06. The van der Waals surface area contributed by atoms with Crippen LogP contribution < -0.4 is 16.4 Å². The highest BCUT2D eigenvalue weighted by molar-refractivity contribution is 6.07. The highest BCUT2D eigenvalue weighted by Gasteiger charge is 2.33. The second-order valence-corrected chi connectivity index (χ2v) is 5.25. The van der Waals surface area contributed by atoms with Crippen molar-refractivity contribution >= 4 is 23.2 Å². The van der Waals surface area contributed by atoms with Gasteiger partial charge in [0.25, 0.3) is 5.91 Å². The van der Waals surface area contributed by atoms with Crippen LogP contribution >= 0.6 is 0 Å². The molecule has 2 amide bonds. The quantitative estimate of drug-likeness (QED) is 0.551. The molecular weight excluding hydrogens is 361 g/mol. The number of amides is 2. The molecule has 0 heterocycles. The minimum atomic E-state index is -4.65. The number of hydrogen-bond acceptors (Lipinski definition) is 4. The fourth-order valence-corrected chi connectivity index (χ4v) is 2.06. The first-order chi connectivity index (χ1) is 12.7. The molecule has 4 N–H and O–H groups in total. The lowest BCUT2D eigenvalue weighted by atomic mass is 10.1. The van der Waals surface area contributed by atoms with Crippen molar-refractivity contribution in [1.29, 1.82) is 5.26 Å². The van der Waals surface area contributed by atoms with Crippen molar-refractivity contribution in [3.05, 3.63) is 71.4 Å². The number of nitriles is 1. The number of halogens is 3. The van der Waals surface area contributed by atoms with E-state index in [0.29, 0.717) is 5.69 Å². The molecule has 0 radical (unpaired) electrons. The molecule has 0 unspecified atom stereocenters. The summed E-state index contributed by atoms with van der Waals surface area (Å²) in [5.41, 5.74) is 3.91. The van der Waals surface area contributed by atoms with E-state index in [-0.39, 0.29) is 5.56 Å². The summed E-state index contributed by atoms with van der Waals surface area (Å²) in [5, 5.41) is 13.8. The van der Waals surface area contributed by atoms with Crippen LogP contribution in [0.4, 0.5) is 24.5 Å². The molecule has 0 fully saturated rings. The SMILES string of the molecule is N#C/C(=C/Nc1ccc(C(N)=O)cc1)C(=O)Nc1ccccc1C(F)(F)F. The molecule has 0 atom stereocenters. The molecule has 0 bridgehead atoms. The lowest BCUT2D eigenvalue weighted by molar-refractivity contribution is -0.137. The van der Waals surface area contributed by atoms with Crippen molar-refractivity contribution in [2.75, 3.05) is 10.6 Å². The summed E-state index contributed by atoms with van der Waals surface area (Å²) >= 11 is 0. The van der Waals surface area contributed by atoms with Crippen LogP contribution in [0, 0.1) is 11.3 Å². The molecule has 6 nitrogen and oxygen atoms in total. The second-order valence-electron chi connectivity index (χ2n) is 5.25. The number of carbonyl (C=O) groups excluding carboxylic acids is 2. The number of carbonyl (C=O) groups is 2. The molecule has 0 aromatic heterocycles. The van der Waals surface area contributed by atoms with Gasteiger partial charge in [-0.3, -0.25) is 9.59 Å². The maximum atomic E-state index is 13.0. The average molecular weight is 374 g/mol. The van der Waals surface area contributed by atoms with E-state index in [4.69, 9.17) is 11.0 Å². The number of para-hydroxylation sites is 1. The van der Waals surface area contributed by atoms with Gasteiger partial charge in [-0.25, -0.2) is 0 Å². The van der Waals surface area contributed by atoms with Gasteiger partial charge in [0.1, 0.15) is 11.6 Å². The Kier molecular flexibility index (Phi) is 5.82. The molecule has 9 heteroatoms. The van der Waals surface area contributed by atoms with Crippen LogP contribution in [0.3, 0.4) is 0 Å². The van der Waals surface area contributed by atoms with Gasteiger partial charge in [0.2, 0.25) is 5.91 Å². The zero-order valence-corrected chi connectivity index (χ0v) is 13.7. The zero-order valence-electron chi connectivity index (χ0n) is 13.7. The Morgan fingerprint density at radius 1 is 1.07 bits per heavy atom. The molecular formula is C18H13F3N4O2. The molecule has 0 aliphatic heterocycles. The van der Waals surface area contributed by atoms with Crippen LogP contribution in [0.1, 0.15) is 15.9 Å². The van der Waals surface area contributed by atoms with E-state index in [1.54, 1.807) is 6.07 Å². The van der Waals surface area contributed by atoms with Crippen molar-refractivity contribution in [2.45, 2.75) is 6.18 Å².